The maximum atomic E-state index is 12.9. The average Bonchev–Trinajstić information content (AvgIpc) is 3.49. The van der Waals surface area contributed by atoms with Crippen LogP contribution in [0.25, 0.3) is 0 Å². The summed E-state index contributed by atoms with van der Waals surface area (Å²) in [6.45, 7) is 4.23. The Kier molecular flexibility index (Phi) is 5.92. The summed E-state index contributed by atoms with van der Waals surface area (Å²) in [5.41, 5.74) is 0.239. The number of methoxy groups -OCH3 is 2. The summed E-state index contributed by atoms with van der Waals surface area (Å²) < 4.78 is 10.6. The Bertz CT molecular complexity index is 699. The zero-order valence-corrected chi connectivity index (χ0v) is 16.5. The molecule has 148 valence electrons. The number of hydrogen-bond acceptors (Lipinski definition) is 4. The van der Waals surface area contributed by atoms with Crippen molar-refractivity contribution in [2.24, 2.45) is 11.3 Å². The fraction of sp³-hybridized carbons (Fsp3) is 0.619. The molecule has 1 atom stereocenters. The van der Waals surface area contributed by atoms with Crippen LogP contribution < -0.4 is 14.8 Å². The van der Waals surface area contributed by atoms with Crippen LogP contribution in [0.2, 0.25) is 0 Å². The minimum absolute atomic E-state index is 0.0256. The van der Waals surface area contributed by atoms with Crippen LogP contribution in [0.3, 0.4) is 0 Å². The molecule has 1 saturated carbocycles. The summed E-state index contributed by atoms with van der Waals surface area (Å²) in [5, 5.41) is 2.97. The van der Waals surface area contributed by atoms with Gasteiger partial charge in [0.1, 0.15) is 5.41 Å². The second-order valence-electron chi connectivity index (χ2n) is 7.78. The monoisotopic (exact) mass is 374 g/mol. The van der Waals surface area contributed by atoms with Crippen LogP contribution in [0.4, 0.5) is 0 Å². The average molecular weight is 374 g/mol. The van der Waals surface area contributed by atoms with E-state index in [0.29, 0.717) is 43.2 Å². The highest BCUT2D eigenvalue weighted by atomic mass is 16.5. The number of piperidine rings is 1. The number of benzene rings is 1. The molecule has 1 N–H and O–H groups in total. The predicted molar refractivity (Wildman–Crippen MR) is 103 cm³/mol. The predicted octanol–water partition coefficient (Wildman–Crippen LogP) is 2.40. The van der Waals surface area contributed by atoms with Crippen molar-refractivity contribution in [1.82, 2.24) is 10.2 Å². The van der Waals surface area contributed by atoms with Gasteiger partial charge in [0.2, 0.25) is 11.8 Å². The molecule has 0 spiro atoms. The van der Waals surface area contributed by atoms with Crippen molar-refractivity contribution in [3.8, 4) is 11.5 Å². The summed E-state index contributed by atoms with van der Waals surface area (Å²) in [5.74, 6) is 1.79. The molecule has 27 heavy (non-hydrogen) atoms. The smallest absolute Gasteiger partial charge is 0.238 e. The second kappa shape index (κ2) is 8.19. The first-order valence-electron chi connectivity index (χ1n) is 9.79. The van der Waals surface area contributed by atoms with Crippen LogP contribution in [0.5, 0.6) is 11.5 Å². The van der Waals surface area contributed by atoms with E-state index in [0.717, 1.165) is 31.5 Å². The third kappa shape index (κ3) is 4.20. The van der Waals surface area contributed by atoms with Crippen molar-refractivity contribution in [2.75, 3.05) is 33.9 Å². The molecule has 1 aromatic carbocycles. The lowest BCUT2D eigenvalue weighted by molar-refractivity contribution is -0.145. The van der Waals surface area contributed by atoms with Gasteiger partial charge in [0.25, 0.3) is 0 Å². The normalized spacial score (nSPS) is 20.7. The van der Waals surface area contributed by atoms with E-state index >= 15 is 0 Å². The van der Waals surface area contributed by atoms with E-state index in [9.17, 15) is 9.59 Å². The molecular formula is C21H30N2O4. The van der Waals surface area contributed by atoms with E-state index in [-0.39, 0.29) is 11.8 Å². The SMILES string of the molecule is COc1ccc(CCNC(=O)C2(C(=O)N3CCCC(C)C3)CC2)cc1OC. The van der Waals surface area contributed by atoms with E-state index < -0.39 is 5.41 Å². The van der Waals surface area contributed by atoms with E-state index in [1.165, 1.54) is 0 Å². The molecule has 0 radical (unpaired) electrons. The van der Waals surface area contributed by atoms with Crippen molar-refractivity contribution >= 4 is 11.8 Å². The lowest BCUT2D eigenvalue weighted by atomic mass is 9.96. The Labute approximate surface area is 161 Å². The lowest BCUT2D eigenvalue weighted by Gasteiger charge is -2.33. The highest BCUT2D eigenvalue weighted by Crippen LogP contribution is 2.48. The molecule has 3 rings (SSSR count). The zero-order valence-electron chi connectivity index (χ0n) is 16.5. The quantitative estimate of drug-likeness (QED) is 0.744. The van der Waals surface area contributed by atoms with Crippen LogP contribution in [0.1, 0.15) is 38.2 Å². The van der Waals surface area contributed by atoms with Gasteiger partial charge in [-0.05, 0) is 55.7 Å². The number of amides is 2. The molecule has 1 aliphatic carbocycles. The zero-order chi connectivity index (χ0) is 19.4. The third-order valence-electron chi connectivity index (χ3n) is 5.69. The maximum Gasteiger partial charge on any atom is 0.238 e. The first-order valence-corrected chi connectivity index (χ1v) is 9.79. The van der Waals surface area contributed by atoms with Gasteiger partial charge in [-0.2, -0.15) is 0 Å². The molecule has 6 heteroatoms. The molecular weight excluding hydrogens is 344 g/mol. The summed E-state index contributed by atoms with van der Waals surface area (Å²) in [7, 11) is 3.21. The molecule has 0 bridgehead atoms. The van der Waals surface area contributed by atoms with Crippen molar-refractivity contribution in [2.45, 2.75) is 39.0 Å². The van der Waals surface area contributed by atoms with Crippen LogP contribution in [-0.2, 0) is 16.0 Å². The number of rotatable bonds is 7. The molecule has 1 saturated heterocycles. The van der Waals surface area contributed by atoms with E-state index in [1.54, 1.807) is 14.2 Å². The summed E-state index contributed by atoms with van der Waals surface area (Å²) in [6, 6.07) is 5.73. The summed E-state index contributed by atoms with van der Waals surface area (Å²) in [4.78, 5) is 27.5. The minimum atomic E-state index is -0.811. The molecule has 1 aliphatic heterocycles. The second-order valence-corrected chi connectivity index (χ2v) is 7.78. The number of nitrogens with zero attached hydrogens (tertiary/aromatic N) is 1. The third-order valence-corrected chi connectivity index (χ3v) is 5.69. The van der Waals surface area contributed by atoms with Gasteiger partial charge in [0.15, 0.2) is 11.5 Å². The summed E-state index contributed by atoms with van der Waals surface area (Å²) in [6.07, 6.45) is 4.20. The maximum absolute atomic E-state index is 12.9. The molecule has 6 nitrogen and oxygen atoms in total. The topological polar surface area (TPSA) is 67.9 Å². The van der Waals surface area contributed by atoms with Crippen molar-refractivity contribution < 1.29 is 19.1 Å². The number of carbonyl (C=O) groups excluding carboxylic acids is 2. The first-order chi connectivity index (χ1) is 13.0. The standard InChI is InChI=1S/C21H30N2O4/c1-15-5-4-12-23(14-15)20(25)21(9-10-21)19(24)22-11-8-16-6-7-17(26-2)18(13-16)27-3/h6-7,13,15H,4-5,8-12,14H2,1-3H3,(H,22,24). The van der Waals surface area contributed by atoms with Gasteiger partial charge in [-0.25, -0.2) is 0 Å². The molecule has 2 aliphatic rings. The highest BCUT2D eigenvalue weighted by Gasteiger charge is 2.58. The molecule has 0 aromatic heterocycles. The Morgan fingerprint density at radius 2 is 1.96 bits per heavy atom. The lowest BCUT2D eigenvalue weighted by Crippen LogP contribution is -2.48. The Morgan fingerprint density at radius 3 is 2.59 bits per heavy atom. The van der Waals surface area contributed by atoms with Crippen LogP contribution in [0, 0.1) is 11.3 Å². The van der Waals surface area contributed by atoms with Crippen LogP contribution >= 0.6 is 0 Å². The molecule has 2 fully saturated rings. The van der Waals surface area contributed by atoms with Crippen molar-refractivity contribution in [3.63, 3.8) is 0 Å². The molecule has 1 unspecified atom stereocenters. The van der Waals surface area contributed by atoms with Crippen molar-refractivity contribution in [3.05, 3.63) is 23.8 Å². The fourth-order valence-electron chi connectivity index (χ4n) is 3.87. The Balaban J connectivity index is 1.54. The van der Waals surface area contributed by atoms with Gasteiger partial charge in [0, 0.05) is 19.6 Å². The van der Waals surface area contributed by atoms with Crippen molar-refractivity contribution in [1.29, 1.82) is 0 Å². The van der Waals surface area contributed by atoms with Gasteiger partial charge in [-0.3, -0.25) is 9.59 Å². The van der Waals surface area contributed by atoms with Crippen LogP contribution in [0.15, 0.2) is 18.2 Å². The first kappa shape index (κ1) is 19.5. The number of nitrogens with one attached hydrogen (secondary N) is 1. The van der Waals surface area contributed by atoms with E-state index in [4.69, 9.17) is 9.47 Å². The fourth-order valence-corrected chi connectivity index (χ4v) is 3.87. The van der Waals surface area contributed by atoms with E-state index in [2.05, 4.69) is 12.2 Å². The van der Waals surface area contributed by atoms with Gasteiger partial charge in [-0.15, -0.1) is 0 Å². The molecule has 1 heterocycles. The van der Waals surface area contributed by atoms with E-state index in [1.807, 2.05) is 23.1 Å². The number of carbonyl (C=O) groups is 2. The Hall–Kier alpha value is -2.24. The molecule has 1 aromatic rings. The number of ether oxygens (including phenoxy) is 2. The van der Waals surface area contributed by atoms with Gasteiger partial charge < -0.3 is 19.7 Å². The minimum Gasteiger partial charge on any atom is -0.493 e. The Morgan fingerprint density at radius 1 is 1.22 bits per heavy atom. The highest BCUT2D eigenvalue weighted by molar-refractivity contribution is 6.07. The van der Waals surface area contributed by atoms with Gasteiger partial charge in [-0.1, -0.05) is 13.0 Å². The molecule has 2 amide bonds. The van der Waals surface area contributed by atoms with Crippen LogP contribution in [-0.4, -0.2) is 50.6 Å². The summed E-state index contributed by atoms with van der Waals surface area (Å²) >= 11 is 0. The van der Waals surface area contributed by atoms with Gasteiger partial charge >= 0.3 is 0 Å². The number of likely N-dealkylation sites (tertiary alicyclic amines) is 1. The largest absolute Gasteiger partial charge is 0.493 e. The number of hydrogen-bond donors (Lipinski definition) is 1. The van der Waals surface area contributed by atoms with Gasteiger partial charge in [0.05, 0.1) is 14.2 Å².